The summed E-state index contributed by atoms with van der Waals surface area (Å²) in [5, 5.41) is 12.8. The number of morpholine rings is 1. The summed E-state index contributed by atoms with van der Waals surface area (Å²) in [6, 6.07) is 5.71. The topological polar surface area (TPSA) is 41.5 Å². The molecule has 0 radical (unpaired) electrons. The molecule has 0 spiro atoms. The van der Waals surface area contributed by atoms with E-state index in [0.29, 0.717) is 5.75 Å². The molecule has 1 fully saturated rings. The van der Waals surface area contributed by atoms with Crippen molar-refractivity contribution in [3.8, 4) is 5.75 Å². The largest absolute Gasteiger partial charge is 0.508 e. The van der Waals surface area contributed by atoms with Crippen LogP contribution >= 0.6 is 0 Å². The van der Waals surface area contributed by atoms with E-state index in [4.69, 9.17) is 4.74 Å². The van der Waals surface area contributed by atoms with Crippen LogP contribution in [0.3, 0.4) is 0 Å². The fourth-order valence-corrected chi connectivity index (χ4v) is 1.61. The van der Waals surface area contributed by atoms with Crippen LogP contribution in [0, 0.1) is 6.92 Å². The Morgan fingerprint density at radius 2 is 2.36 bits per heavy atom. The van der Waals surface area contributed by atoms with Crippen molar-refractivity contribution in [3.63, 3.8) is 0 Å². The van der Waals surface area contributed by atoms with Crippen molar-refractivity contribution in [2.24, 2.45) is 0 Å². The van der Waals surface area contributed by atoms with Crippen molar-refractivity contribution < 1.29 is 9.84 Å². The van der Waals surface area contributed by atoms with E-state index in [1.807, 2.05) is 19.1 Å². The normalized spacial score (nSPS) is 22.2. The molecule has 1 aromatic rings. The third kappa shape index (κ3) is 1.89. The van der Waals surface area contributed by atoms with Crippen LogP contribution < -0.4 is 5.32 Å². The Hall–Kier alpha value is -1.06. The third-order valence-electron chi connectivity index (χ3n) is 2.53. The number of hydrogen-bond donors (Lipinski definition) is 2. The molecule has 2 N–H and O–H groups in total. The van der Waals surface area contributed by atoms with Crippen molar-refractivity contribution in [1.29, 1.82) is 0 Å². The summed E-state index contributed by atoms with van der Waals surface area (Å²) < 4.78 is 5.59. The van der Waals surface area contributed by atoms with E-state index in [9.17, 15) is 5.11 Å². The molecule has 14 heavy (non-hydrogen) atoms. The smallest absolute Gasteiger partial charge is 0.118 e. The molecule has 0 saturated carbocycles. The van der Waals surface area contributed by atoms with Crippen LogP contribution in [0.2, 0.25) is 0 Å². The molecule has 1 aromatic carbocycles. The van der Waals surface area contributed by atoms with Crippen LogP contribution in [0.4, 0.5) is 0 Å². The Morgan fingerprint density at radius 1 is 1.50 bits per heavy atom. The number of benzene rings is 1. The van der Waals surface area contributed by atoms with Gasteiger partial charge in [0.25, 0.3) is 0 Å². The van der Waals surface area contributed by atoms with E-state index in [2.05, 4.69) is 5.32 Å². The SMILES string of the molecule is Cc1ccc(C2CNCCO2)cc1O. The molecule has 3 nitrogen and oxygen atoms in total. The van der Waals surface area contributed by atoms with Gasteiger partial charge in [-0.2, -0.15) is 0 Å². The fourth-order valence-electron chi connectivity index (χ4n) is 1.61. The Bertz CT molecular complexity index is 319. The maximum absolute atomic E-state index is 9.55. The van der Waals surface area contributed by atoms with E-state index in [1.54, 1.807) is 6.07 Å². The van der Waals surface area contributed by atoms with Gasteiger partial charge in [0.15, 0.2) is 0 Å². The van der Waals surface area contributed by atoms with Crippen molar-refractivity contribution in [2.75, 3.05) is 19.7 Å². The summed E-state index contributed by atoms with van der Waals surface area (Å²) in [7, 11) is 0. The zero-order chi connectivity index (χ0) is 9.97. The molecule has 1 unspecified atom stereocenters. The lowest BCUT2D eigenvalue weighted by molar-refractivity contribution is 0.0276. The summed E-state index contributed by atoms with van der Waals surface area (Å²) in [5.41, 5.74) is 1.94. The van der Waals surface area contributed by atoms with Gasteiger partial charge in [-0.25, -0.2) is 0 Å². The first kappa shape index (κ1) is 9.49. The number of rotatable bonds is 1. The Morgan fingerprint density at radius 3 is 3.00 bits per heavy atom. The molecule has 0 aliphatic carbocycles. The van der Waals surface area contributed by atoms with Gasteiger partial charge in [0.1, 0.15) is 5.75 Å². The van der Waals surface area contributed by atoms with Crippen molar-refractivity contribution in [2.45, 2.75) is 13.0 Å². The first-order valence-electron chi connectivity index (χ1n) is 4.89. The van der Waals surface area contributed by atoms with Crippen LogP contribution in [-0.4, -0.2) is 24.8 Å². The first-order valence-corrected chi connectivity index (χ1v) is 4.89. The highest BCUT2D eigenvalue weighted by atomic mass is 16.5. The lowest BCUT2D eigenvalue weighted by atomic mass is 10.1. The van der Waals surface area contributed by atoms with Crippen LogP contribution in [0.1, 0.15) is 17.2 Å². The number of phenols is 1. The number of phenolic OH excluding ortho intramolecular Hbond substituents is 1. The molecule has 1 aliphatic heterocycles. The minimum Gasteiger partial charge on any atom is -0.508 e. The second-order valence-corrected chi connectivity index (χ2v) is 3.61. The summed E-state index contributed by atoms with van der Waals surface area (Å²) in [6.45, 7) is 4.36. The van der Waals surface area contributed by atoms with Gasteiger partial charge >= 0.3 is 0 Å². The third-order valence-corrected chi connectivity index (χ3v) is 2.53. The molecule has 0 bridgehead atoms. The zero-order valence-electron chi connectivity index (χ0n) is 8.29. The highest BCUT2D eigenvalue weighted by Crippen LogP contribution is 2.24. The summed E-state index contributed by atoms with van der Waals surface area (Å²) in [6.07, 6.45) is 0.0789. The highest BCUT2D eigenvalue weighted by Gasteiger charge is 2.15. The van der Waals surface area contributed by atoms with Gasteiger partial charge in [-0.15, -0.1) is 0 Å². The van der Waals surface area contributed by atoms with Gasteiger partial charge in [-0.3, -0.25) is 0 Å². The first-order chi connectivity index (χ1) is 6.77. The van der Waals surface area contributed by atoms with Crippen LogP contribution in [0.5, 0.6) is 5.75 Å². The van der Waals surface area contributed by atoms with Gasteiger partial charge in [0, 0.05) is 13.1 Å². The molecule has 2 rings (SSSR count). The quantitative estimate of drug-likeness (QED) is 0.707. The summed E-state index contributed by atoms with van der Waals surface area (Å²) in [4.78, 5) is 0. The van der Waals surface area contributed by atoms with E-state index in [0.717, 1.165) is 30.8 Å². The fraction of sp³-hybridized carbons (Fsp3) is 0.455. The molecule has 1 atom stereocenters. The van der Waals surface area contributed by atoms with E-state index >= 15 is 0 Å². The van der Waals surface area contributed by atoms with E-state index in [1.165, 1.54) is 0 Å². The lowest BCUT2D eigenvalue weighted by Gasteiger charge is -2.24. The minimum atomic E-state index is 0.0789. The molecule has 1 saturated heterocycles. The Labute approximate surface area is 83.7 Å². The second-order valence-electron chi connectivity index (χ2n) is 3.61. The highest BCUT2D eigenvalue weighted by molar-refractivity contribution is 5.36. The minimum absolute atomic E-state index is 0.0789. The lowest BCUT2D eigenvalue weighted by Crippen LogP contribution is -2.33. The van der Waals surface area contributed by atoms with Gasteiger partial charge in [-0.05, 0) is 24.1 Å². The molecule has 0 aromatic heterocycles. The molecule has 1 heterocycles. The second kappa shape index (κ2) is 3.98. The average Bonchev–Trinajstić information content (AvgIpc) is 2.23. The molecule has 3 heteroatoms. The van der Waals surface area contributed by atoms with Crippen LogP contribution in [0.25, 0.3) is 0 Å². The van der Waals surface area contributed by atoms with Crippen molar-refractivity contribution >= 4 is 0 Å². The predicted octanol–water partition coefficient (Wildman–Crippen LogP) is 1.36. The summed E-state index contributed by atoms with van der Waals surface area (Å²) >= 11 is 0. The molecular formula is C11H15NO2. The number of hydrogen-bond acceptors (Lipinski definition) is 3. The Balaban J connectivity index is 2.18. The number of nitrogens with one attached hydrogen (secondary N) is 1. The van der Waals surface area contributed by atoms with Crippen molar-refractivity contribution in [3.05, 3.63) is 29.3 Å². The van der Waals surface area contributed by atoms with Gasteiger partial charge in [0.05, 0.1) is 12.7 Å². The average molecular weight is 193 g/mol. The number of ether oxygens (including phenoxy) is 1. The maximum Gasteiger partial charge on any atom is 0.118 e. The Kier molecular flexibility index (Phi) is 2.70. The molecule has 1 aliphatic rings. The summed E-state index contributed by atoms with van der Waals surface area (Å²) in [5.74, 6) is 0.344. The zero-order valence-corrected chi connectivity index (χ0v) is 8.29. The maximum atomic E-state index is 9.55. The van der Waals surface area contributed by atoms with Crippen molar-refractivity contribution in [1.82, 2.24) is 5.32 Å². The van der Waals surface area contributed by atoms with Crippen LogP contribution in [0.15, 0.2) is 18.2 Å². The predicted molar refractivity (Wildman–Crippen MR) is 54.4 cm³/mol. The number of aryl methyl sites for hydroxylation is 1. The number of aromatic hydroxyl groups is 1. The van der Waals surface area contributed by atoms with E-state index in [-0.39, 0.29) is 6.10 Å². The standard InChI is InChI=1S/C11H15NO2/c1-8-2-3-9(6-10(8)13)11-7-12-4-5-14-11/h2-3,6,11-13H,4-5,7H2,1H3. The van der Waals surface area contributed by atoms with Gasteiger partial charge in [0.2, 0.25) is 0 Å². The molecular weight excluding hydrogens is 178 g/mol. The molecule has 0 amide bonds. The van der Waals surface area contributed by atoms with E-state index < -0.39 is 0 Å². The monoisotopic (exact) mass is 193 g/mol. The molecule has 76 valence electrons. The van der Waals surface area contributed by atoms with Gasteiger partial charge in [-0.1, -0.05) is 12.1 Å². The van der Waals surface area contributed by atoms with Gasteiger partial charge < -0.3 is 15.2 Å². The van der Waals surface area contributed by atoms with Crippen LogP contribution in [-0.2, 0) is 4.74 Å².